The lowest BCUT2D eigenvalue weighted by atomic mass is 10.1. The van der Waals surface area contributed by atoms with E-state index in [1.165, 1.54) is 0 Å². The van der Waals surface area contributed by atoms with Crippen LogP contribution in [0.1, 0.15) is 15.9 Å². The van der Waals surface area contributed by atoms with E-state index in [1.54, 1.807) is 12.1 Å². The van der Waals surface area contributed by atoms with Crippen LogP contribution in [0.5, 0.6) is 0 Å². The molecule has 0 N–H and O–H groups in total. The van der Waals surface area contributed by atoms with Crippen LogP contribution >= 0.6 is 0 Å². The third-order valence-corrected chi connectivity index (χ3v) is 2.89. The lowest BCUT2D eigenvalue weighted by molar-refractivity contribution is 0.100. The fraction of sp³-hybridized carbons (Fsp3) is 0.125. The molecule has 0 saturated carbocycles. The minimum atomic E-state index is 0.0606. The molecule has 19 heavy (non-hydrogen) atoms. The van der Waals surface area contributed by atoms with Gasteiger partial charge >= 0.3 is 0 Å². The van der Waals surface area contributed by atoms with Crippen molar-refractivity contribution >= 4 is 11.5 Å². The van der Waals surface area contributed by atoms with Crippen LogP contribution in [0.2, 0.25) is 0 Å². The van der Waals surface area contributed by atoms with Crippen LogP contribution < -0.4 is 4.90 Å². The van der Waals surface area contributed by atoms with E-state index in [1.807, 2.05) is 54.4 Å². The Kier molecular flexibility index (Phi) is 3.94. The Bertz CT molecular complexity index is 614. The highest BCUT2D eigenvalue weighted by atomic mass is 16.1. The van der Waals surface area contributed by atoms with Gasteiger partial charge in [0, 0.05) is 18.3 Å². The highest BCUT2D eigenvalue weighted by molar-refractivity contribution is 5.99. The van der Waals surface area contributed by atoms with Crippen LogP contribution in [0.15, 0.2) is 54.6 Å². The Morgan fingerprint density at radius 3 is 2.58 bits per heavy atom. The molecule has 0 aromatic heterocycles. The van der Waals surface area contributed by atoms with E-state index in [-0.39, 0.29) is 5.78 Å². The van der Waals surface area contributed by atoms with E-state index < -0.39 is 0 Å². The van der Waals surface area contributed by atoms with E-state index in [4.69, 9.17) is 5.26 Å². The molecular formula is C16H14N2O. The van der Waals surface area contributed by atoms with E-state index >= 15 is 0 Å². The minimum absolute atomic E-state index is 0.0606. The molecule has 0 saturated heterocycles. The SMILES string of the molecule is CN(CC(=O)c1ccccc1)c1cccc(C#N)c1. The summed E-state index contributed by atoms with van der Waals surface area (Å²) in [7, 11) is 1.84. The van der Waals surface area contributed by atoms with Crippen molar-refractivity contribution in [1.29, 1.82) is 5.26 Å². The summed E-state index contributed by atoms with van der Waals surface area (Å²) >= 11 is 0. The second kappa shape index (κ2) is 5.83. The zero-order valence-corrected chi connectivity index (χ0v) is 10.7. The Morgan fingerprint density at radius 1 is 1.16 bits per heavy atom. The summed E-state index contributed by atoms with van der Waals surface area (Å²) in [6.07, 6.45) is 0. The largest absolute Gasteiger partial charge is 0.367 e. The van der Waals surface area contributed by atoms with Crippen molar-refractivity contribution in [2.75, 3.05) is 18.5 Å². The van der Waals surface area contributed by atoms with Crippen molar-refractivity contribution in [2.45, 2.75) is 0 Å². The number of rotatable bonds is 4. The van der Waals surface area contributed by atoms with Gasteiger partial charge in [-0.1, -0.05) is 36.4 Å². The van der Waals surface area contributed by atoms with Gasteiger partial charge < -0.3 is 4.90 Å². The van der Waals surface area contributed by atoms with Crippen LogP contribution in [0.25, 0.3) is 0 Å². The van der Waals surface area contributed by atoms with Gasteiger partial charge in [0.15, 0.2) is 5.78 Å². The molecule has 0 unspecified atom stereocenters. The zero-order chi connectivity index (χ0) is 13.7. The van der Waals surface area contributed by atoms with Gasteiger partial charge in [-0.2, -0.15) is 5.26 Å². The van der Waals surface area contributed by atoms with Crippen LogP contribution in [0.3, 0.4) is 0 Å². The molecule has 0 aliphatic rings. The third-order valence-electron chi connectivity index (χ3n) is 2.89. The Balaban J connectivity index is 2.11. The number of likely N-dealkylation sites (N-methyl/N-ethyl adjacent to an activating group) is 1. The monoisotopic (exact) mass is 250 g/mol. The highest BCUT2D eigenvalue weighted by Gasteiger charge is 2.09. The van der Waals surface area contributed by atoms with Crippen molar-refractivity contribution in [3.63, 3.8) is 0 Å². The normalized spacial score (nSPS) is 9.68. The molecule has 3 nitrogen and oxygen atoms in total. The van der Waals surface area contributed by atoms with Gasteiger partial charge in [-0.3, -0.25) is 4.79 Å². The summed E-state index contributed by atoms with van der Waals surface area (Å²) in [6, 6.07) is 18.5. The summed E-state index contributed by atoms with van der Waals surface area (Å²) < 4.78 is 0. The predicted molar refractivity (Wildman–Crippen MR) is 75.2 cm³/mol. The second-order valence-corrected chi connectivity index (χ2v) is 4.31. The van der Waals surface area contributed by atoms with Crippen LogP contribution in [0.4, 0.5) is 5.69 Å². The molecule has 94 valence electrons. The van der Waals surface area contributed by atoms with Gasteiger partial charge in [-0.15, -0.1) is 0 Å². The molecule has 2 aromatic rings. The molecule has 0 bridgehead atoms. The molecule has 0 heterocycles. The van der Waals surface area contributed by atoms with Crippen molar-refractivity contribution in [3.8, 4) is 6.07 Å². The van der Waals surface area contributed by atoms with Gasteiger partial charge in [0.05, 0.1) is 18.2 Å². The quantitative estimate of drug-likeness (QED) is 0.784. The molecule has 0 atom stereocenters. The summed E-state index contributed by atoms with van der Waals surface area (Å²) in [5.74, 6) is 0.0606. The lowest BCUT2D eigenvalue weighted by Gasteiger charge is -2.18. The first-order valence-corrected chi connectivity index (χ1v) is 6.00. The number of carbonyl (C=O) groups is 1. The van der Waals surface area contributed by atoms with Gasteiger partial charge in [0.2, 0.25) is 0 Å². The number of nitriles is 1. The Hall–Kier alpha value is -2.60. The van der Waals surface area contributed by atoms with Gasteiger partial charge in [0.1, 0.15) is 0 Å². The number of hydrogen-bond donors (Lipinski definition) is 0. The minimum Gasteiger partial charge on any atom is -0.367 e. The van der Waals surface area contributed by atoms with Crippen molar-refractivity contribution in [2.24, 2.45) is 0 Å². The number of hydrogen-bond acceptors (Lipinski definition) is 3. The topological polar surface area (TPSA) is 44.1 Å². The molecule has 0 amide bonds. The maximum absolute atomic E-state index is 12.1. The Morgan fingerprint density at radius 2 is 1.89 bits per heavy atom. The summed E-state index contributed by atoms with van der Waals surface area (Å²) in [5, 5.41) is 8.87. The number of Topliss-reactive ketones (excluding diaryl/α,β-unsaturated/α-hetero) is 1. The summed E-state index contributed by atoms with van der Waals surface area (Å²) in [5.41, 5.74) is 2.16. The first-order chi connectivity index (χ1) is 9.20. The predicted octanol–water partition coefficient (Wildman–Crippen LogP) is 2.88. The van der Waals surface area contributed by atoms with Crippen molar-refractivity contribution < 1.29 is 4.79 Å². The molecule has 0 aliphatic carbocycles. The number of anilines is 1. The number of carbonyl (C=O) groups excluding carboxylic acids is 1. The molecule has 0 radical (unpaired) electrons. The molecule has 0 fully saturated rings. The van der Waals surface area contributed by atoms with Gasteiger partial charge in [0.25, 0.3) is 0 Å². The maximum atomic E-state index is 12.1. The smallest absolute Gasteiger partial charge is 0.182 e. The van der Waals surface area contributed by atoms with E-state index in [0.29, 0.717) is 17.7 Å². The van der Waals surface area contributed by atoms with Crippen LogP contribution in [-0.2, 0) is 0 Å². The number of benzene rings is 2. The van der Waals surface area contributed by atoms with Crippen molar-refractivity contribution in [3.05, 3.63) is 65.7 Å². The molecule has 3 heteroatoms. The van der Waals surface area contributed by atoms with Crippen LogP contribution in [-0.4, -0.2) is 19.4 Å². The van der Waals surface area contributed by atoms with E-state index in [2.05, 4.69) is 6.07 Å². The van der Waals surface area contributed by atoms with Gasteiger partial charge in [-0.25, -0.2) is 0 Å². The Labute approximate surface area is 112 Å². The number of ketones is 1. The van der Waals surface area contributed by atoms with Crippen molar-refractivity contribution in [1.82, 2.24) is 0 Å². The van der Waals surface area contributed by atoms with Gasteiger partial charge in [-0.05, 0) is 18.2 Å². The lowest BCUT2D eigenvalue weighted by Crippen LogP contribution is -2.25. The molecule has 0 spiro atoms. The molecular weight excluding hydrogens is 236 g/mol. The highest BCUT2D eigenvalue weighted by Crippen LogP contribution is 2.15. The maximum Gasteiger partial charge on any atom is 0.182 e. The fourth-order valence-corrected chi connectivity index (χ4v) is 1.83. The summed E-state index contributed by atoms with van der Waals surface area (Å²) in [4.78, 5) is 13.9. The molecule has 0 aliphatic heterocycles. The standard InChI is InChI=1S/C16H14N2O/c1-18(15-9-5-6-13(10-15)11-17)12-16(19)14-7-3-2-4-8-14/h2-10H,12H2,1H3. The average Bonchev–Trinajstić information content (AvgIpc) is 2.48. The number of nitrogens with zero attached hydrogens (tertiary/aromatic N) is 2. The average molecular weight is 250 g/mol. The zero-order valence-electron chi connectivity index (χ0n) is 10.7. The molecule has 2 aromatic carbocycles. The first-order valence-electron chi connectivity index (χ1n) is 6.00. The molecule has 2 rings (SSSR count). The first kappa shape index (κ1) is 12.8. The van der Waals surface area contributed by atoms with E-state index in [0.717, 1.165) is 5.69 Å². The van der Waals surface area contributed by atoms with E-state index in [9.17, 15) is 4.79 Å². The third kappa shape index (κ3) is 3.20. The second-order valence-electron chi connectivity index (χ2n) is 4.31. The summed E-state index contributed by atoms with van der Waals surface area (Å²) in [6.45, 7) is 0.291. The fourth-order valence-electron chi connectivity index (χ4n) is 1.83. The van der Waals surface area contributed by atoms with Crippen LogP contribution in [0, 0.1) is 11.3 Å².